The number of carbonyl (C=O) groups is 3. The molecule has 0 spiro atoms. The molecule has 0 radical (unpaired) electrons. The number of carboxylic acids is 1. The molecule has 0 aromatic heterocycles. The molecule has 1 aliphatic rings. The highest BCUT2D eigenvalue weighted by atomic mass is 32.2. The molecular weight excluding hydrogens is 320 g/mol. The van der Waals surface area contributed by atoms with E-state index in [1.54, 1.807) is 6.92 Å². The maximum absolute atomic E-state index is 11.8. The molecule has 10 heteroatoms. The van der Waals surface area contributed by atoms with Crippen LogP contribution in [0.5, 0.6) is 0 Å². The molecular formula is C11H18N2O6S2. The van der Waals surface area contributed by atoms with Crippen LogP contribution in [0.25, 0.3) is 0 Å². The van der Waals surface area contributed by atoms with E-state index in [2.05, 4.69) is 10.6 Å². The summed E-state index contributed by atoms with van der Waals surface area (Å²) < 4.78 is 22.8. The minimum atomic E-state index is -3.10. The second kappa shape index (κ2) is 7.12. The van der Waals surface area contributed by atoms with Crippen LogP contribution in [0.4, 0.5) is 0 Å². The molecule has 120 valence electrons. The van der Waals surface area contributed by atoms with Gasteiger partial charge in [0, 0.05) is 5.75 Å². The zero-order valence-corrected chi connectivity index (χ0v) is 13.1. The molecule has 0 bridgehead atoms. The van der Waals surface area contributed by atoms with Crippen molar-refractivity contribution in [1.29, 1.82) is 0 Å². The van der Waals surface area contributed by atoms with Crippen molar-refractivity contribution in [3.8, 4) is 0 Å². The third-order valence-electron chi connectivity index (χ3n) is 3.03. The van der Waals surface area contributed by atoms with E-state index in [4.69, 9.17) is 5.11 Å². The SMILES string of the molecule is CC1(NC(=O)CSCC(NC=O)C(=O)O)CCS(=O)(=O)C1. The van der Waals surface area contributed by atoms with Gasteiger partial charge in [0.05, 0.1) is 22.8 Å². The van der Waals surface area contributed by atoms with Crippen LogP contribution in [-0.2, 0) is 24.2 Å². The first kappa shape index (κ1) is 17.8. The van der Waals surface area contributed by atoms with Crippen LogP contribution < -0.4 is 10.6 Å². The zero-order chi connectivity index (χ0) is 16.1. The largest absolute Gasteiger partial charge is 0.480 e. The number of sulfone groups is 1. The van der Waals surface area contributed by atoms with Gasteiger partial charge in [0.15, 0.2) is 9.84 Å². The topological polar surface area (TPSA) is 130 Å². The van der Waals surface area contributed by atoms with E-state index in [9.17, 15) is 22.8 Å². The molecule has 21 heavy (non-hydrogen) atoms. The standard InChI is InChI=1S/C11H18N2O6S2/c1-11(2-3-21(18,19)6-11)13-9(15)5-20-4-8(10(16)17)12-7-14/h7-8H,2-6H2,1H3,(H,12,14)(H,13,15)(H,16,17). The molecule has 2 unspecified atom stereocenters. The molecule has 1 heterocycles. The lowest BCUT2D eigenvalue weighted by Crippen LogP contribution is -2.47. The van der Waals surface area contributed by atoms with Gasteiger partial charge in [-0.25, -0.2) is 13.2 Å². The number of thioether (sulfide) groups is 1. The van der Waals surface area contributed by atoms with Crippen LogP contribution in [0.1, 0.15) is 13.3 Å². The molecule has 0 aromatic rings. The van der Waals surface area contributed by atoms with Gasteiger partial charge in [-0.2, -0.15) is 0 Å². The number of carboxylic acid groups (broad SMARTS) is 1. The first-order valence-corrected chi connectivity index (χ1v) is 9.17. The summed E-state index contributed by atoms with van der Waals surface area (Å²) in [5.41, 5.74) is -0.760. The lowest BCUT2D eigenvalue weighted by Gasteiger charge is -2.23. The van der Waals surface area contributed by atoms with Gasteiger partial charge in [-0.1, -0.05) is 0 Å². The molecule has 0 aliphatic carbocycles. The van der Waals surface area contributed by atoms with Crippen molar-refractivity contribution in [3.05, 3.63) is 0 Å². The van der Waals surface area contributed by atoms with Gasteiger partial charge in [-0.05, 0) is 13.3 Å². The fourth-order valence-electron chi connectivity index (χ4n) is 2.02. The van der Waals surface area contributed by atoms with Crippen molar-refractivity contribution in [2.45, 2.75) is 24.9 Å². The Labute approximate surface area is 127 Å². The first-order valence-electron chi connectivity index (χ1n) is 6.19. The van der Waals surface area contributed by atoms with Gasteiger partial charge >= 0.3 is 5.97 Å². The molecule has 3 N–H and O–H groups in total. The molecule has 2 atom stereocenters. The molecule has 1 saturated heterocycles. The number of hydrogen-bond acceptors (Lipinski definition) is 6. The van der Waals surface area contributed by atoms with Crippen LogP contribution in [-0.4, -0.2) is 66.4 Å². The third kappa shape index (κ3) is 5.92. The number of amides is 2. The Kier molecular flexibility index (Phi) is 6.02. The van der Waals surface area contributed by atoms with E-state index >= 15 is 0 Å². The first-order chi connectivity index (χ1) is 9.67. The molecule has 0 saturated carbocycles. The molecule has 2 amide bonds. The lowest BCUT2D eigenvalue weighted by atomic mass is 10.0. The second-order valence-corrected chi connectivity index (χ2v) is 8.36. The summed E-state index contributed by atoms with van der Waals surface area (Å²) >= 11 is 1.06. The van der Waals surface area contributed by atoms with Crippen molar-refractivity contribution in [2.75, 3.05) is 23.0 Å². The minimum absolute atomic E-state index is 0.0000449. The Morgan fingerprint density at radius 3 is 2.62 bits per heavy atom. The van der Waals surface area contributed by atoms with Crippen LogP contribution in [0.3, 0.4) is 0 Å². The maximum Gasteiger partial charge on any atom is 0.327 e. The Morgan fingerprint density at radius 2 is 2.14 bits per heavy atom. The van der Waals surface area contributed by atoms with Gasteiger partial charge in [0.2, 0.25) is 12.3 Å². The fourth-order valence-corrected chi connectivity index (χ4v) is 4.97. The predicted octanol–water partition coefficient (Wildman–Crippen LogP) is -1.39. The number of hydrogen-bond donors (Lipinski definition) is 3. The number of carbonyl (C=O) groups excluding carboxylic acids is 2. The normalized spacial score (nSPS) is 25.0. The summed E-state index contributed by atoms with van der Waals surface area (Å²) in [6.45, 7) is 1.67. The van der Waals surface area contributed by atoms with Crippen molar-refractivity contribution >= 4 is 39.9 Å². The third-order valence-corrected chi connectivity index (χ3v) is 5.97. The smallest absolute Gasteiger partial charge is 0.327 e. The van der Waals surface area contributed by atoms with Gasteiger partial charge in [-0.15, -0.1) is 11.8 Å². The number of aliphatic carboxylic acids is 1. The zero-order valence-electron chi connectivity index (χ0n) is 11.5. The molecule has 1 aliphatic heterocycles. The Morgan fingerprint density at radius 1 is 1.48 bits per heavy atom. The van der Waals surface area contributed by atoms with E-state index in [-0.39, 0.29) is 28.9 Å². The predicted molar refractivity (Wildman–Crippen MR) is 77.8 cm³/mol. The molecule has 8 nitrogen and oxygen atoms in total. The highest BCUT2D eigenvalue weighted by Gasteiger charge is 2.39. The average Bonchev–Trinajstić information content (AvgIpc) is 2.61. The molecule has 0 aromatic carbocycles. The summed E-state index contributed by atoms with van der Waals surface area (Å²) in [5, 5.41) is 13.6. The van der Waals surface area contributed by atoms with Crippen molar-refractivity contribution < 1.29 is 27.9 Å². The van der Waals surface area contributed by atoms with Gasteiger partial charge < -0.3 is 15.7 Å². The fraction of sp³-hybridized carbons (Fsp3) is 0.727. The van der Waals surface area contributed by atoms with Gasteiger partial charge in [0.1, 0.15) is 6.04 Å². The Balaban J connectivity index is 2.38. The van der Waals surface area contributed by atoms with Gasteiger partial charge in [-0.3, -0.25) is 9.59 Å². The minimum Gasteiger partial charge on any atom is -0.480 e. The Hall–Kier alpha value is -1.29. The van der Waals surface area contributed by atoms with Crippen molar-refractivity contribution in [2.24, 2.45) is 0 Å². The lowest BCUT2D eigenvalue weighted by molar-refractivity contribution is -0.139. The quantitative estimate of drug-likeness (QED) is 0.465. The van der Waals surface area contributed by atoms with Crippen LogP contribution in [0, 0.1) is 0 Å². The highest BCUT2D eigenvalue weighted by molar-refractivity contribution is 8.00. The van der Waals surface area contributed by atoms with E-state index < -0.39 is 27.4 Å². The maximum atomic E-state index is 11.8. The van der Waals surface area contributed by atoms with E-state index in [0.717, 1.165) is 11.8 Å². The second-order valence-electron chi connectivity index (χ2n) is 5.14. The monoisotopic (exact) mass is 338 g/mol. The molecule has 1 rings (SSSR count). The average molecular weight is 338 g/mol. The van der Waals surface area contributed by atoms with Gasteiger partial charge in [0.25, 0.3) is 0 Å². The van der Waals surface area contributed by atoms with Crippen LogP contribution >= 0.6 is 11.8 Å². The van der Waals surface area contributed by atoms with Crippen LogP contribution in [0.15, 0.2) is 0 Å². The van der Waals surface area contributed by atoms with E-state index in [0.29, 0.717) is 12.8 Å². The Bertz CT molecular complexity index is 521. The van der Waals surface area contributed by atoms with Crippen LogP contribution in [0.2, 0.25) is 0 Å². The molecule has 1 fully saturated rings. The van der Waals surface area contributed by atoms with E-state index in [1.807, 2.05) is 0 Å². The summed E-state index contributed by atoms with van der Waals surface area (Å²) in [5.74, 6) is -1.50. The summed E-state index contributed by atoms with van der Waals surface area (Å²) in [7, 11) is -3.10. The number of rotatable bonds is 8. The van der Waals surface area contributed by atoms with E-state index in [1.165, 1.54) is 0 Å². The summed E-state index contributed by atoms with van der Waals surface area (Å²) in [4.78, 5) is 32.8. The van der Waals surface area contributed by atoms with Crippen molar-refractivity contribution in [3.63, 3.8) is 0 Å². The van der Waals surface area contributed by atoms with Crippen molar-refractivity contribution in [1.82, 2.24) is 10.6 Å². The highest BCUT2D eigenvalue weighted by Crippen LogP contribution is 2.22. The summed E-state index contributed by atoms with van der Waals surface area (Å²) in [6.07, 6.45) is 0.667. The summed E-state index contributed by atoms with van der Waals surface area (Å²) in [6, 6.07) is -1.05. The number of nitrogens with one attached hydrogen (secondary N) is 2.